The Labute approximate surface area is 118 Å². The number of rotatable bonds is 3. The smallest absolute Gasteiger partial charge is 0.225 e. The van der Waals surface area contributed by atoms with E-state index in [1.807, 2.05) is 17.5 Å². The normalized spacial score (nSPS) is 10.8. The van der Waals surface area contributed by atoms with E-state index in [4.69, 9.17) is 11.6 Å². The van der Waals surface area contributed by atoms with Crippen LogP contribution >= 0.6 is 22.9 Å². The van der Waals surface area contributed by atoms with Gasteiger partial charge in [-0.1, -0.05) is 12.1 Å². The fourth-order valence-electron chi connectivity index (χ4n) is 1.80. The number of halogens is 2. The number of nitrogens with zero attached hydrogens (tertiary/aromatic N) is 2. The van der Waals surface area contributed by atoms with Crippen LogP contribution in [0.2, 0.25) is 5.28 Å². The number of thiophene rings is 1. The SMILES string of the molecule is Fc1cccc(CNc2nc(Cl)nc3sccc23)c1. The van der Waals surface area contributed by atoms with Crippen LogP contribution < -0.4 is 5.32 Å². The minimum Gasteiger partial charge on any atom is -0.365 e. The van der Waals surface area contributed by atoms with Gasteiger partial charge in [0.2, 0.25) is 5.28 Å². The molecular weight excluding hydrogens is 285 g/mol. The molecular formula is C13H9ClFN3S. The second-order valence-electron chi connectivity index (χ2n) is 3.96. The molecule has 3 rings (SSSR count). The number of hydrogen-bond acceptors (Lipinski definition) is 4. The summed E-state index contributed by atoms with van der Waals surface area (Å²) < 4.78 is 13.1. The van der Waals surface area contributed by atoms with Crippen molar-refractivity contribution in [3.63, 3.8) is 0 Å². The summed E-state index contributed by atoms with van der Waals surface area (Å²) in [5.74, 6) is 0.418. The number of anilines is 1. The van der Waals surface area contributed by atoms with Gasteiger partial charge in [-0.2, -0.15) is 0 Å². The highest BCUT2D eigenvalue weighted by molar-refractivity contribution is 7.16. The van der Waals surface area contributed by atoms with Crippen LogP contribution in [-0.2, 0) is 6.54 Å². The first-order valence-corrected chi connectivity index (χ1v) is 6.87. The Morgan fingerprint density at radius 3 is 3.00 bits per heavy atom. The van der Waals surface area contributed by atoms with Crippen molar-refractivity contribution in [3.05, 3.63) is 52.4 Å². The van der Waals surface area contributed by atoms with Gasteiger partial charge in [0.05, 0.1) is 5.39 Å². The Morgan fingerprint density at radius 2 is 2.16 bits per heavy atom. The fourth-order valence-corrected chi connectivity index (χ4v) is 2.78. The number of hydrogen-bond donors (Lipinski definition) is 1. The molecule has 1 N–H and O–H groups in total. The lowest BCUT2D eigenvalue weighted by Crippen LogP contribution is -2.02. The third-order valence-corrected chi connectivity index (χ3v) is 3.62. The van der Waals surface area contributed by atoms with Gasteiger partial charge in [-0.3, -0.25) is 0 Å². The number of benzene rings is 1. The Bertz CT molecular complexity index is 729. The van der Waals surface area contributed by atoms with Gasteiger partial charge in [0, 0.05) is 6.54 Å². The van der Waals surface area contributed by atoms with E-state index >= 15 is 0 Å². The highest BCUT2D eigenvalue weighted by Gasteiger charge is 2.07. The van der Waals surface area contributed by atoms with Crippen LogP contribution in [0, 0.1) is 5.82 Å². The lowest BCUT2D eigenvalue weighted by molar-refractivity contribution is 0.626. The molecule has 0 aliphatic heterocycles. The summed E-state index contributed by atoms with van der Waals surface area (Å²) in [5, 5.41) is 6.22. The van der Waals surface area contributed by atoms with Gasteiger partial charge in [-0.05, 0) is 40.7 Å². The summed E-state index contributed by atoms with van der Waals surface area (Å²) in [6.45, 7) is 0.482. The Hall–Kier alpha value is -1.72. The van der Waals surface area contributed by atoms with Gasteiger partial charge in [-0.15, -0.1) is 11.3 Å². The van der Waals surface area contributed by atoms with E-state index in [1.165, 1.54) is 23.5 Å². The van der Waals surface area contributed by atoms with Crippen LogP contribution in [0.1, 0.15) is 5.56 Å². The average Bonchev–Trinajstić information content (AvgIpc) is 2.84. The van der Waals surface area contributed by atoms with Crippen molar-refractivity contribution in [2.45, 2.75) is 6.54 Å². The molecule has 3 nitrogen and oxygen atoms in total. The summed E-state index contributed by atoms with van der Waals surface area (Å²) in [6, 6.07) is 8.37. The molecule has 0 spiro atoms. The van der Waals surface area contributed by atoms with E-state index in [-0.39, 0.29) is 11.1 Å². The van der Waals surface area contributed by atoms with E-state index in [0.717, 1.165) is 15.8 Å². The summed E-state index contributed by atoms with van der Waals surface area (Å²) in [4.78, 5) is 9.14. The number of fused-ring (bicyclic) bond motifs is 1. The van der Waals surface area contributed by atoms with Crippen LogP contribution in [0.15, 0.2) is 35.7 Å². The Kier molecular flexibility index (Phi) is 3.31. The van der Waals surface area contributed by atoms with Crippen molar-refractivity contribution in [2.75, 3.05) is 5.32 Å². The first kappa shape index (κ1) is 12.3. The summed E-state index contributed by atoms with van der Waals surface area (Å²) in [6.07, 6.45) is 0. The summed E-state index contributed by atoms with van der Waals surface area (Å²) >= 11 is 7.38. The van der Waals surface area contributed by atoms with Crippen LogP contribution in [0.4, 0.5) is 10.2 Å². The molecule has 0 unspecified atom stereocenters. The molecule has 96 valence electrons. The molecule has 2 aromatic heterocycles. The highest BCUT2D eigenvalue weighted by Crippen LogP contribution is 2.26. The molecule has 0 aliphatic carbocycles. The van der Waals surface area contributed by atoms with Crippen LogP contribution in [0.5, 0.6) is 0 Å². The monoisotopic (exact) mass is 293 g/mol. The second-order valence-corrected chi connectivity index (χ2v) is 5.20. The molecule has 0 saturated carbocycles. The number of aromatic nitrogens is 2. The maximum absolute atomic E-state index is 13.1. The first-order valence-electron chi connectivity index (χ1n) is 5.61. The topological polar surface area (TPSA) is 37.8 Å². The highest BCUT2D eigenvalue weighted by atomic mass is 35.5. The zero-order chi connectivity index (χ0) is 13.2. The molecule has 6 heteroatoms. The largest absolute Gasteiger partial charge is 0.365 e. The standard InChI is InChI=1S/C13H9ClFN3S/c14-13-17-11(10-4-5-19-12(10)18-13)16-7-8-2-1-3-9(15)6-8/h1-6H,7H2,(H,16,17,18). The van der Waals surface area contributed by atoms with E-state index in [9.17, 15) is 4.39 Å². The maximum Gasteiger partial charge on any atom is 0.225 e. The molecule has 0 amide bonds. The third kappa shape index (κ3) is 2.67. The van der Waals surface area contributed by atoms with E-state index in [0.29, 0.717) is 12.4 Å². The average molecular weight is 294 g/mol. The van der Waals surface area contributed by atoms with Gasteiger partial charge < -0.3 is 5.32 Å². The number of nitrogens with one attached hydrogen (secondary N) is 1. The van der Waals surface area contributed by atoms with Crippen LogP contribution in [0.3, 0.4) is 0 Å². The molecule has 0 saturated heterocycles. The van der Waals surface area contributed by atoms with Crippen molar-refractivity contribution in [1.29, 1.82) is 0 Å². The first-order chi connectivity index (χ1) is 9.22. The van der Waals surface area contributed by atoms with Crippen LogP contribution in [0.25, 0.3) is 10.2 Å². The molecule has 3 aromatic rings. The molecule has 19 heavy (non-hydrogen) atoms. The van der Waals surface area contributed by atoms with Gasteiger partial charge >= 0.3 is 0 Å². The third-order valence-electron chi connectivity index (χ3n) is 2.65. The van der Waals surface area contributed by atoms with E-state index in [2.05, 4.69) is 15.3 Å². The quantitative estimate of drug-likeness (QED) is 0.739. The van der Waals surface area contributed by atoms with Gasteiger partial charge in [0.1, 0.15) is 16.5 Å². The van der Waals surface area contributed by atoms with Crippen molar-refractivity contribution < 1.29 is 4.39 Å². The zero-order valence-electron chi connectivity index (χ0n) is 9.73. The lowest BCUT2D eigenvalue weighted by Gasteiger charge is -2.07. The van der Waals surface area contributed by atoms with Crippen LogP contribution in [-0.4, -0.2) is 9.97 Å². The predicted octanol–water partition coefficient (Wildman–Crippen LogP) is 4.10. The molecule has 0 atom stereocenters. The molecule has 0 radical (unpaired) electrons. The maximum atomic E-state index is 13.1. The van der Waals surface area contributed by atoms with Crippen molar-refractivity contribution in [3.8, 4) is 0 Å². The van der Waals surface area contributed by atoms with E-state index < -0.39 is 0 Å². The molecule has 1 aromatic carbocycles. The van der Waals surface area contributed by atoms with Crippen molar-refractivity contribution in [2.24, 2.45) is 0 Å². The summed E-state index contributed by atoms with van der Waals surface area (Å²) in [5.41, 5.74) is 0.845. The Balaban J connectivity index is 1.87. The minimum absolute atomic E-state index is 0.205. The minimum atomic E-state index is -0.249. The summed E-state index contributed by atoms with van der Waals surface area (Å²) in [7, 11) is 0. The molecule has 0 fully saturated rings. The molecule has 2 heterocycles. The second kappa shape index (κ2) is 5.11. The molecule has 0 aliphatic rings. The van der Waals surface area contributed by atoms with Crippen molar-refractivity contribution in [1.82, 2.24) is 9.97 Å². The van der Waals surface area contributed by atoms with Gasteiger partial charge in [0.25, 0.3) is 0 Å². The Morgan fingerprint density at radius 1 is 1.26 bits per heavy atom. The van der Waals surface area contributed by atoms with Gasteiger partial charge in [-0.25, -0.2) is 14.4 Å². The zero-order valence-corrected chi connectivity index (χ0v) is 11.3. The van der Waals surface area contributed by atoms with Crippen molar-refractivity contribution >= 4 is 39.0 Å². The van der Waals surface area contributed by atoms with Gasteiger partial charge in [0.15, 0.2) is 0 Å². The fraction of sp³-hybridized carbons (Fsp3) is 0.0769. The lowest BCUT2D eigenvalue weighted by atomic mass is 10.2. The predicted molar refractivity (Wildman–Crippen MR) is 76.2 cm³/mol. The molecule has 0 bridgehead atoms. The van der Waals surface area contributed by atoms with E-state index in [1.54, 1.807) is 6.07 Å².